The summed E-state index contributed by atoms with van der Waals surface area (Å²) in [5, 5.41) is 2.54. The molecule has 0 bridgehead atoms. The summed E-state index contributed by atoms with van der Waals surface area (Å²) in [6, 6.07) is 14.5. The van der Waals surface area contributed by atoms with E-state index in [0.717, 1.165) is 4.90 Å². The van der Waals surface area contributed by atoms with Gasteiger partial charge in [-0.2, -0.15) is 0 Å². The van der Waals surface area contributed by atoms with Crippen LogP contribution in [0.2, 0.25) is 0 Å². The Kier molecular flexibility index (Phi) is 6.21. The van der Waals surface area contributed by atoms with Crippen molar-refractivity contribution >= 4 is 35.3 Å². The Labute approximate surface area is 172 Å². The van der Waals surface area contributed by atoms with Gasteiger partial charge in [-0.15, -0.1) is 0 Å². The van der Waals surface area contributed by atoms with Crippen molar-refractivity contribution in [1.82, 2.24) is 9.80 Å². The molecular weight excluding hydrogens is 390 g/mol. The van der Waals surface area contributed by atoms with Crippen molar-refractivity contribution in [2.24, 2.45) is 0 Å². The summed E-state index contributed by atoms with van der Waals surface area (Å²) in [6.45, 7) is -1.31. The number of benzene rings is 2. The van der Waals surface area contributed by atoms with E-state index in [1.807, 2.05) is 0 Å². The standard InChI is InChI=1S/C21H19N3O6/c1-23-11-18(26)24(21(23)29)12-19(27)30-13-17(25)22-16-10-6-5-9-15(16)20(28)14-7-3-2-4-8-14/h2-10H,11-13H2,1H3,(H,22,25). The van der Waals surface area contributed by atoms with E-state index in [1.54, 1.807) is 54.6 Å². The lowest BCUT2D eigenvalue weighted by molar-refractivity contribution is -0.149. The average Bonchev–Trinajstić information content (AvgIpc) is 2.99. The molecule has 1 aliphatic heterocycles. The molecule has 9 heteroatoms. The lowest BCUT2D eigenvalue weighted by Gasteiger charge is -2.14. The van der Waals surface area contributed by atoms with Gasteiger partial charge in [-0.1, -0.05) is 42.5 Å². The lowest BCUT2D eigenvalue weighted by Crippen LogP contribution is -2.37. The molecule has 2 aromatic rings. The largest absolute Gasteiger partial charge is 0.454 e. The number of nitrogens with one attached hydrogen (secondary N) is 1. The number of para-hydroxylation sites is 1. The van der Waals surface area contributed by atoms with Crippen molar-refractivity contribution in [3.8, 4) is 0 Å². The summed E-state index contributed by atoms with van der Waals surface area (Å²) in [4.78, 5) is 62.1. The third kappa shape index (κ3) is 4.69. The first-order chi connectivity index (χ1) is 14.4. The Hall–Kier alpha value is -4.01. The van der Waals surface area contributed by atoms with Crippen LogP contribution in [-0.4, -0.2) is 66.1 Å². The Morgan fingerprint density at radius 1 is 1.00 bits per heavy atom. The number of hydrogen-bond donors (Lipinski definition) is 1. The number of likely N-dealkylation sites (N-methyl/N-ethyl adjacent to an activating group) is 1. The Balaban J connectivity index is 1.58. The van der Waals surface area contributed by atoms with Crippen LogP contribution in [0.3, 0.4) is 0 Å². The van der Waals surface area contributed by atoms with Crippen LogP contribution in [0.5, 0.6) is 0 Å². The molecule has 3 rings (SSSR count). The van der Waals surface area contributed by atoms with Gasteiger partial charge in [-0.25, -0.2) is 4.79 Å². The molecule has 154 valence electrons. The van der Waals surface area contributed by atoms with E-state index < -0.39 is 37.0 Å². The quantitative estimate of drug-likeness (QED) is 0.419. The van der Waals surface area contributed by atoms with Gasteiger partial charge in [0.05, 0.1) is 5.69 Å². The molecule has 1 fully saturated rings. The van der Waals surface area contributed by atoms with Crippen LogP contribution < -0.4 is 5.32 Å². The van der Waals surface area contributed by atoms with Gasteiger partial charge in [0.25, 0.3) is 11.8 Å². The normalized spacial score (nSPS) is 13.4. The number of ketones is 1. The first-order valence-electron chi connectivity index (χ1n) is 9.06. The molecular formula is C21H19N3O6. The number of carbonyl (C=O) groups is 5. The van der Waals surface area contributed by atoms with E-state index in [-0.39, 0.29) is 18.0 Å². The van der Waals surface area contributed by atoms with Crippen molar-refractivity contribution in [2.45, 2.75) is 0 Å². The van der Waals surface area contributed by atoms with Crippen molar-refractivity contribution in [3.63, 3.8) is 0 Å². The first kappa shape index (κ1) is 20.7. The number of imide groups is 1. The Morgan fingerprint density at radius 2 is 1.67 bits per heavy atom. The molecule has 2 aromatic carbocycles. The molecule has 0 radical (unpaired) electrons. The Morgan fingerprint density at radius 3 is 2.33 bits per heavy atom. The summed E-state index contributed by atoms with van der Waals surface area (Å²) in [6.07, 6.45) is 0. The fourth-order valence-corrected chi connectivity index (χ4v) is 2.87. The maximum Gasteiger partial charge on any atom is 0.327 e. The maximum atomic E-state index is 12.7. The van der Waals surface area contributed by atoms with Gasteiger partial charge in [0.1, 0.15) is 13.1 Å². The van der Waals surface area contributed by atoms with E-state index in [4.69, 9.17) is 4.74 Å². The van der Waals surface area contributed by atoms with Crippen LogP contribution in [0.25, 0.3) is 0 Å². The topological polar surface area (TPSA) is 113 Å². The molecule has 9 nitrogen and oxygen atoms in total. The molecule has 0 aliphatic carbocycles. The van der Waals surface area contributed by atoms with Crippen LogP contribution in [0.4, 0.5) is 10.5 Å². The number of esters is 1. The van der Waals surface area contributed by atoms with E-state index in [2.05, 4.69) is 5.32 Å². The molecule has 1 aliphatic rings. The smallest absolute Gasteiger partial charge is 0.327 e. The second-order valence-corrected chi connectivity index (χ2v) is 6.57. The number of rotatable bonds is 7. The minimum Gasteiger partial charge on any atom is -0.454 e. The van der Waals surface area contributed by atoms with Crippen LogP contribution in [-0.2, 0) is 19.1 Å². The van der Waals surface area contributed by atoms with Crippen molar-refractivity contribution in [1.29, 1.82) is 0 Å². The van der Waals surface area contributed by atoms with E-state index in [1.165, 1.54) is 11.9 Å². The predicted octanol–water partition coefficient (Wildman–Crippen LogP) is 1.29. The third-order valence-electron chi connectivity index (χ3n) is 4.36. The predicted molar refractivity (Wildman–Crippen MR) is 106 cm³/mol. The zero-order chi connectivity index (χ0) is 21.7. The fourth-order valence-electron chi connectivity index (χ4n) is 2.87. The van der Waals surface area contributed by atoms with Crippen LogP contribution in [0, 0.1) is 0 Å². The molecule has 4 amide bonds. The van der Waals surface area contributed by atoms with E-state index in [0.29, 0.717) is 11.1 Å². The highest BCUT2D eigenvalue weighted by atomic mass is 16.5. The number of amides is 4. The molecule has 1 heterocycles. The van der Waals surface area contributed by atoms with Gasteiger partial charge in [0, 0.05) is 18.2 Å². The number of hydrogen-bond acceptors (Lipinski definition) is 6. The van der Waals surface area contributed by atoms with Crippen LogP contribution in [0.15, 0.2) is 54.6 Å². The summed E-state index contributed by atoms with van der Waals surface area (Å²) in [7, 11) is 1.44. The highest BCUT2D eigenvalue weighted by Gasteiger charge is 2.35. The number of urea groups is 1. The molecule has 0 spiro atoms. The van der Waals surface area contributed by atoms with Gasteiger partial charge in [-0.3, -0.25) is 24.1 Å². The number of nitrogens with zero attached hydrogens (tertiary/aromatic N) is 2. The fraction of sp³-hybridized carbons (Fsp3) is 0.190. The van der Waals surface area contributed by atoms with Crippen molar-refractivity contribution < 1.29 is 28.7 Å². The second-order valence-electron chi connectivity index (χ2n) is 6.57. The number of ether oxygens (including phenoxy) is 1. The zero-order valence-corrected chi connectivity index (χ0v) is 16.2. The van der Waals surface area contributed by atoms with Gasteiger partial charge < -0.3 is 15.0 Å². The van der Waals surface area contributed by atoms with E-state index in [9.17, 15) is 24.0 Å². The van der Waals surface area contributed by atoms with Gasteiger partial charge in [-0.05, 0) is 12.1 Å². The SMILES string of the molecule is CN1CC(=O)N(CC(=O)OCC(=O)Nc2ccccc2C(=O)c2ccccc2)C1=O. The summed E-state index contributed by atoms with van der Waals surface area (Å²) < 4.78 is 4.85. The molecule has 1 saturated heterocycles. The first-order valence-corrected chi connectivity index (χ1v) is 9.06. The van der Waals surface area contributed by atoms with Crippen molar-refractivity contribution in [2.75, 3.05) is 32.1 Å². The van der Waals surface area contributed by atoms with Crippen LogP contribution >= 0.6 is 0 Å². The molecule has 0 atom stereocenters. The molecule has 0 unspecified atom stereocenters. The highest BCUT2D eigenvalue weighted by Crippen LogP contribution is 2.19. The average molecular weight is 409 g/mol. The monoisotopic (exact) mass is 409 g/mol. The minimum atomic E-state index is -0.893. The third-order valence-corrected chi connectivity index (χ3v) is 4.36. The lowest BCUT2D eigenvalue weighted by atomic mass is 10.0. The second kappa shape index (κ2) is 8.99. The Bertz CT molecular complexity index is 1000. The zero-order valence-electron chi connectivity index (χ0n) is 16.2. The van der Waals surface area contributed by atoms with Crippen molar-refractivity contribution in [3.05, 3.63) is 65.7 Å². The van der Waals surface area contributed by atoms with Gasteiger partial charge in [0.15, 0.2) is 12.4 Å². The summed E-state index contributed by atoms with van der Waals surface area (Å²) in [5.74, 6) is -2.33. The number of carbonyl (C=O) groups excluding carboxylic acids is 5. The number of anilines is 1. The van der Waals surface area contributed by atoms with Gasteiger partial charge >= 0.3 is 12.0 Å². The minimum absolute atomic E-state index is 0.112. The molecule has 0 saturated carbocycles. The maximum absolute atomic E-state index is 12.7. The summed E-state index contributed by atoms with van der Waals surface area (Å²) >= 11 is 0. The van der Waals surface area contributed by atoms with Gasteiger partial charge in [0.2, 0.25) is 0 Å². The molecule has 1 N–H and O–H groups in total. The summed E-state index contributed by atoms with van der Waals surface area (Å²) in [5.41, 5.74) is 1.04. The molecule has 0 aromatic heterocycles. The molecule has 30 heavy (non-hydrogen) atoms. The van der Waals surface area contributed by atoms with Crippen LogP contribution in [0.1, 0.15) is 15.9 Å². The highest BCUT2D eigenvalue weighted by molar-refractivity contribution is 6.14. The van der Waals surface area contributed by atoms with E-state index >= 15 is 0 Å².